The topological polar surface area (TPSA) is 76.9 Å². The minimum Gasteiger partial charge on any atom is -0.325 e. The van der Waals surface area contributed by atoms with Crippen molar-refractivity contribution >= 4 is 29.1 Å². The SMILES string of the molecule is CC(=O)c1ccc(NC(=O)C(C)Sc2nnc(-c3ccc(C)cc3)n2C)cc1. The van der Waals surface area contributed by atoms with Crippen molar-refractivity contribution in [3.63, 3.8) is 0 Å². The van der Waals surface area contributed by atoms with Gasteiger partial charge in [0.25, 0.3) is 0 Å². The number of amides is 1. The fourth-order valence-corrected chi connectivity index (χ4v) is 3.43. The molecule has 1 aromatic heterocycles. The van der Waals surface area contributed by atoms with E-state index in [-0.39, 0.29) is 16.9 Å². The van der Waals surface area contributed by atoms with E-state index >= 15 is 0 Å². The number of carbonyl (C=O) groups excluding carboxylic acids is 2. The quantitative estimate of drug-likeness (QED) is 0.503. The first-order valence-corrected chi connectivity index (χ1v) is 9.78. The average Bonchev–Trinajstić information content (AvgIpc) is 3.03. The van der Waals surface area contributed by atoms with Gasteiger partial charge in [-0.15, -0.1) is 10.2 Å². The van der Waals surface area contributed by atoms with Gasteiger partial charge in [-0.1, -0.05) is 41.6 Å². The molecule has 0 spiro atoms. The van der Waals surface area contributed by atoms with Crippen molar-refractivity contribution in [2.45, 2.75) is 31.2 Å². The predicted octanol–water partition coefficient (Wildman–Crippen LogP) is 4.11. The minimum absolute atomic E-state index is 0.00605. The van der Waals surface area contributed by atoms with Crippen molar-refractivity contribution in [2.75, 3.05) is 5.32 Å². The molecule has 2 aromatic carbocycles. The normalized spacial score (nSPS) is 11.9. The molecule has 0 saturated heterocycles. The average molecular weight is 395 g/mol. The monoisotopic (exact) mass is 394 g/mol. The number of nitrogens with zero attached hydrogens (tertiary/aromatic N) is 3. The van der Waals surface area contributed by atoms with E-state index in [2.05, 4.69) is 15.5 Å². The zero-order valence-electron chi connectivity index (χ0n) is 16.3. The van der Waals surface area contributed by atoms with Crippen LogP contribution in [0, 0.1) is 6.92 Å². The molecule has 0 saturated carbocycles. The second-order valence-electron chi connectivity index (χ2n) is 6.61. The molecule has 1 atom stereocenters. The first-order chi connectivity index (χ1) is 13.3. The molecule has 6 nitrogen and oxygen atoms in total. The van der Waals surface area contributed by atoms with Gasteiger partial charge in [-0.3, -0.25) is 9.59 Å². The first kappa shape index (κ1) is 19.8. The summed E-state index contributed by atoms with van der Waals surface area (Å²) in [5, 5.41) is 11.7. The molecule has 1 unspecified atom stereocenters. The van der Waals surface area contributed by atoms with Gasteiger partial charge in [0.1, 0.15) is 0 Å². The third-order valence-corrected chi connectivity index (χ3v) is 5.49. The van der Waals surface area contributed by atoms with Crippen LogP contribution in [-0.2, 0) is 11.8 Å². The number of anilines is 1. The largest absolute Gasteiger partial charge is 0.325 e. The molecule has 0 bridgehead atoms. The maximum absolute atomic E-state index is 12.5. The van der Waals surface area contributed by atoms with Gasteiger partial charge in [-0.2, -0.15) is 0 Å². The lowest BCUT2D eigenvalue weighted by Crippen LogP contribution is -2.22. The number of nitrogens with one attached hydrogen (secondary N) is 1. The molecule has 1 amide bonds. The summed E-state index contributed by atoms with van der Waals surface area (Å²) in [6.07, 6.45) is 0. The van der Waals surface area contributed by atoms with Crippen LogP contribution in [0.3, 0.4) is 0 Å². The van der Waals surface area contributed by atoms with Gasteiger partial charge >= 0.3 is 0 Å². The predicted molar refractivity (Wildman–Crippen MR) is 112 cm³/mol. The van der Waals surface area contributed by atoms with Gasteiger partial charge in [-0.05, 0) is 45.0 Å². The fourth-order valence-electron chi connectivity index (χ4n) is 2.62. The number of rotatable bonds is 6. The zero-order valence-corrected chi connectivity index (χ0v) is 17.1. The third-order valence-electron chi connectivity index (χ3n) is 4.36. The summed E-state index contributed by atoms with van der Waals surface area (Å²) in [5.41, 5.74) is 3.43. The lowest BCUT2D eigenvalue weighted by molar-refractivity contribution is -0.115. The molecule has 144 valence electrons. The van der Waals surface area contributed by atoms with E-state index < -0.39 is 0 Å². The standard InChI is InChI=1S/C21H22N4O2S/c1-13-5-7-17(8-6-13)19-23-24-21(25(19)4)28-15(3)20(27)22-18-11-9-16(10-12-18)14(2)26/h5-12,15H,1-4H3,(H,22,27). The van der Waals surface area contributed by atoms with Crippen molar-refractivity contribution in [2.24, 2.45) is 7.05 Å². The molecule has 1 N–H and O–H groups in total. The van der Waals surface area contributed by atoms with E-state index in [4.69, 9.17) is 0 Å². The highest BCUT2D eigenvalue weighted by molar-refractivity contribution is 8.00. The van der Waals surface area contributed by atoms with Crippen LogP contribution < -0.4 is 5.32 Å². The van der Waals surface area contributed by atoms with Crippen LogP contribution in [0.2, 0.25) is 0 Å². The summed E-state index contributed by atoms with van der Waals surface area (Å²) in [6, 6.07) is 14.9. The van der Waals surface area contributed by atoms with Gasteiger partial charge in [0.2, 0.25) is 5.91 Å². The van der Waals surface area contributed by atoms with Crippen LogP contribution >= 0.6 is 11.8 Å². The first-order valence-electron chi connectivity index (χ1n) is 8.90. The Hall–Kier alpha value is -2.93. The summed E-state index contributed by atoms with van der Waals surface area (Å²) in [6.45, 7) is 5.37. The van der Waals surface area contributed by atoms with Crippen molar-refractivity contribution in [1.29, 1.82) is 0 Å². The third kappa shape index (κ3) is 4.48. The van der Waals surface area contributed by atoms with E-state index in [1.54, 1.807) is 24.3 Å². The van der Waals surface area contributed by atoms with Crippen molar-refractivity contribution in [1.82, 2.24) is 14.8 Å². The maximum Gasteiger partial charge on any atom is 0.237 e. The zero-order chi connectivity index (χ0) is 20.3. The number of ketones is 1. The van der Waals surface area contributed by atoms with Crippen LogP contribution in [0.5, 0.6) is 0 Å². The van der Waals surface area contributed by atoms with E-state index in [9.17, 15) is 9.59 Å². The molecule has 0 aliphatic carbocycles. The van der Waals surface area contributed by atoms with Crippen molar-refractivity contribution in [3.05, 3.63) is 59.7 Å². The molecule has 0 fully saturated rings. The molecule has 0 radical (unpaired) electrons. The number of Topliss-reactive ketones (excluding diaryl/α,β-unsaturated/α-hetero) is 1. The molecule has 1 heterocycles. The Bertz CT molecular complexity index is 994. The fraction of sp³-hybridized carbons (Fsp3) is 0.238. The Balaban J connectivity index is 1.67. The Morgan fingerprint density at radius 2 is 1.68 bits per heavy atom. The number of carbonyl (C=O) groups is 2. The highest BCUT2D eigenvalue weighted by atomic mass is 32.2. The van der Waals surface area contributed by atoms with Gasteiger partial charge in [0.15, 0.2) is 16.8 Å². The molecular weight excluding hydrogens is 372 g/mol. The maximum atomic E-state index is 12.5. The Labute approximate surface area is 168 Å². The molecule has 7 heteroatoms. The van der Waals surface area contributed by atoms with E-state index in [1.165, 1.54) is 24.2 Å². The van der Waals surface area contributed by atoms with Gasteiger partial charge in [0.05, 0.1) is 5.25 Å². The summed E-state index contributed by atoms with van der Waals surface area (Å²) in [7, 11) is 1.89. The smallest absolute Gasteiger partial charge is 0.237 e. The molecule has 3 aromatic rings. The number of aromatic nitrogens is 3. The summed E-state index contributed by atoms with van der Waals surface area (Å²) >= 11 is 1.35. The lowest BCUT2D eigenvalue weighted by atomic mass is 10.1. The van der Waals surface area contributed by atoms with Crippen LogP contribution in [0.1, 0.15) is 29.8 Å². The number of hydrogen-bond acceptors (Lipinski definition) is 5. The van der Waals surface area contributed by atoms with Crippen LogP contribution in [0.25, 0.3) is 11.4 Å². The van der Waals surface area contributed by atoms with Gasteiger partial charge < -0.3 is 9.88 Å². The van der Waals surface area contributed by atoms with E-state index in [1.807, 2.05) is 49.7 Å². The van der Waals surface area contributed by atoms with Gasteiger partial charge in [0, 0.05) is 23.9 Å². The molecular formula is C21H22N4O2S. The molecule has 0 aliphatic heterocycles. The number of hydrogen-bond donors (Lipinski definition) is 1. The van der Waals surface area contributed by atoms with E-state index in [0.717, 1.165) is 11.4 Å². The Morgan fingerprint density at radius 1 is 1.04 bits per heavy atom. The number of aryl methyl sites for hydroxylation is 1. The highest BCUT2D eigenvalue weighted by Crippen LogP contribution is 2.26. The molecule has 3 rings (SSSR count). The molecule has 0 aliphatic rings. The number of thioether (sulfide) groups is 1. The second-order valence-corrected chi connectivity index (χ2v) is 7.92. The highest BCUT2D eigenvalue weighted by Gasteiger charge is 2.19. The lowest BCUT2D eigenvalue weighted by Gasteiger charge is -2.12. The van der Waals surface area contributed by atoms with Crippen LogP contribution in [0.15, 0.2) is 53.7 Å². The summed E-state index contributed by atoms with van der Waals surface area (Å²) < 4.78 is 1.89. The Kier molecular flexibility index (Phi) is 5.94. The summed E-state index contributed by atoms with van der Waals surface area (Å²) in [5.74, 6) is 0.615. The minimum atomic E-state index is -0.360. The van der Waals surface area contributed by atoms with Crippen molar-refractivity contribution in [3.8, 4) is 11.4 Å². The second kappa shape index (κ2) is 8.39. The van der Waals surface area contributed by atoms with Crippen molar-refractivity contribution < 1.29 is 9.59 Å². The van der Waals surface area contributed by atoms with Crippen LogP contribution in [-0.4, -0.2) is 31.7 Å². The molecule has 28 heavy (non-hydrogen) atoms. The Morgan fingerprint density at radius 3 is 2.29 bits per heavy atom. The number of benzene rings is 2. The summed E-state index contributed by atoms with van der Waals surface area (Å²) in [4.78, 5) is 23.8. The van der Waals surface area contributed by atoms with Crippen LogP contribution in [0.4, 0.5) is 5.69 Å². The van der Waals surface area contributed by atoms with Gasteiger partial charge in [-0.25, -0.2) is 0 Å². The van der Waals surface area contributed by atoms with E-state index in [0.29, 0.717) is 16.4 Å².